The van der Waals surface area contributed by atoms with Crippen LogP contribution in [0.1, 0.15) is 36.4 Å². The number of fused-ring (bicyclic) bond motifs is 1. The second-order valence-corrected chi connectivity index (χ2v) is 6.88. The molecule has 3 unspecified atom stereocenters. The summed E-state index contributed by atoms with van der Waals surface area (Å²) >= 11 is 0. The number of nitriles is 1. The predicted molar refractivity (Wildman–Crippen MR) is 104 cm³/mol. The number of aliphatic imine (C=N–C) groups is 1. The lowest BCUT2D eigenvalue weighted by atomic mass is 9.74. The lowest BCUT2D eigenvalue weighted by Crippen LogP contribution is -2.49. The van der Waals surface area contributed by atoms with E-state index in [1.807, 2.05) is 18.3 Å². The summed E-state index contributed by atoms with van der Waals surface area (Å²) in [4.78, 5) is 4.85. The number of hydrogen-bond donors (Lipinski definition) is 2. The zero-order valence-corrected chi connectivity index (χ0v) is 14.6. The highest BCUT2D eigenvalue weighted by Gasteiger charge is 2.39. The van der Waals surface area contributed by atoms with Crippen molar-refractivity contribution < 1.29 is 0 Å². The van der Waals surface area contributed by atoms with Crippen LogP contribution in [0.2, 0.25) is 0 Å². The lowest BCUT2D eigenvalue weighted by Gasteiger charge is -2.41. The third-order valence-corrected chi connectivity index (χ3v) is 5.26. The normalized spacial score (nSPS) is 26.2. The number of nitrogens with zero attached hydrogens (tertiary/aromatic N) is 2. The Hall–Kier alpha value is -3.06. The summed E-state index contributed by atoms with van der Waals surface area (Å²) in [5.41, 5.74) is 3.81. The van der Waals surface area contributed by atoms with E-state index >= 15 is 0 Å². The molecule has 3 atom stereocenters. The van der Waals surface area contributed by atoms with E-state index in [1.165, 1.54) is 23.1 Å². The molecule has 2 aromatic rings. The molecule has 1 heterocycles. The molecule has 26 heavy (non-hydrogen) atoms. The van der Waals surface area contributed by atoms with E-state index in [9.17, 15) is 0 Å². The van der Waals surface area contributed by atoms with Crippen molar-refractivity contribution in [1.29, 1.82) is 5.26 Å². The van der Waals surface area contributed by atoms with Gasteiger partial charge in [-0.3, -0.25) is 5.32 Å². The Kier molecular flexibility index (Phi) is 4.70. The van der Waals surface area contributed by atoms with Gasteiger partial charge in [0.15, 0.2) is 6.19 Å². The lowest BCUT2D eigenvalue weighted by molar-refractivity contribution is 0.283. The monoisotopic (exact) mass is 342 g/mol. The van der Waals surface area contributed by atoms with Crippen LogP contribution in [0.25, 0.3) is 6.08 Å². The first-order valence-corrected chi connectivity index (χ1v) is 9.15. The van der Waals surface area contributed by atoms with Crippen LogP contribution in [0.5, 0.6) is 0 Å². The van der Waals surface area contributed by atoms with Crippen molar-refractivity contribution in [2.45, 2.75) is 31.3 Å². The molecule has 130 valence electrons. The third kappa shape index (κ3) is 3.34. The van der Waals surface area contributed by atoms with Gasteiger partial charge < -0.3 is 5.32 Å². The highest BCUT2D eigenvalue weighted by Crippen LogP contribution is 2.41. The highest BCUT2D eigenvalue weighted by molar-refractivity contribution is 5.83. The number of nitrogens with one attached hydrogen (secondary N) is 2. The summed E-state index contributed by atoms with van der Waals surface area (Å²) in [6.45, 7) is 0. The van der Waals surface area contributed by atoms with Crippen LogP contribution in [0.15, 0.2) is 71.2 Å². The minimum Gasteiger partial charge on any atom is -0.348 e. The summed E-state index contributed by atoms with van der Waals surface area (Å²) in [5, 5.41) is 15.2. The summed E-state index contributed by atoms with van der Waals surface area (Å²) in [6.07, 6.45) is 7.64. The van der Waals surface area contributed by atoms with Gasteiger partial charge in [-0.25, -0.2) is 4.99 Å². The van der Waals surface area contributed by atoms with E-state index in [0.717, 1.165) is 12.8 Å². The van der Waals surface area contributed by atoms with Gasteiger partial charge in [0.1, 0.15) is 0 Å². The molecular weight excluding hydrogens is 320 g/mol. The Morgan fingerprint density at radius 3 is 2.54 bits per heavy atom. The maximum atomic E-state index is 9.08. The maximum absolute atomic E-state index is 9.08. The second-order valence-electron chi connectivity index (χ2n) is 6.88. The molecule has 0 amide bonds. The average molecular weight is 342 g/mol. The number of benzene rings is 2. The van der Waals surface area contributed by atoms with Crippen molar-refractivity contribution in [3.63, 3.8) is 0 Å². The smallest absolute Gasteiger partial charge is 0.205 e. The van der Waals surface area contributed by atoms with Crippen molar-refractivity contribution in [3.8, 4) is 6.19 Å². The Labute approximate surface area is 154 Å². The van der Waals surface area contributed by atoms with Gasteiger partial charge in [-0.05, 0) is 36.0 Å². The number of guanidine groups is 1. The van der Waals surface area contributed by atoms with Crippen molar-refractivity contribution in [3.05, 3.63) is 77.4 Å². The molecule has 2 aromatic carbocycles. The molecule has 4 heteroatoms. The Balaban J connectivity index is 1.72. The summed E-state index contributed by atoms with van der Waals surface area (Å²) < 4.78 is 0. The van der Waals surface area contributed by atoms with Gasteiger partial charge in [0.05, 0.1) is 12.1 Å². The first-order valence-electron chi connectivity index (χ1n) is 9.15. The van der Waals surface area contributed by atoms with Crippen molar-refractivity contribution in [2.24, 2.45) is 10.9 Å². The van der Waals surface area contributed by atoms with Crippen LogP contribution >= 0.6 is 0 Å². The molecule has 0 saturated heterocycles. The zero-order chi connectivity index (χ0) is 17.8. The molecular formula is C22H22N4. The second kappa shape index (κ2) is 7.45. The van der Waals surface area contributed by atoms with Crippen LogP contribution in [-0.4, -0.2) is 12.0 Å². The van der Waals surface area contributed by atoms with E-state index in [2.05, 4.69) is 65.2 Å². The maximum Gasteiger partial charge on any atom is 0.205 e. The fraction of sp³-hybridized carbons (Fsp3) is 0.273. The van der Waals surface area contributed by atoms with Gasteiger partial charge in [0, 0.05) is 5.92 Å². The van der Waals surface area contributed by atoms with Crippen LogP contribution in [0.3, 0.4) is 0 Å². The first kappa shape index (κ1) is 16.4. The zero-order valence-electron chi connectivity index (χ0n) is 14.6. The Bertz CT molecular complexity index is 849. The molecule has 4 nitrogen and oxygen atoms in total. The first-order chi connectivity index (χ1) is 12.8. The molecule has 0 radical (unpaired) electrons. The van der Waals surface area contributed by atoms with Gasteiger partial charge in [0.25, 0.3) is 0 Å². The molecule has 1 aliphatic carbocycles. The Morgan fingerprint density at radius 1 is 1.08 bits per heavy atom. The van der Waals surface area contributed by atoms with Crippen LogP contribution in [0, 0.1) is 17.4 Å². The van der Waals surface area contributed by atoms with Crippen molar-refractivity contribution in [1.82, 2.24) is 10.6 Å². The summed E-state index contributed by atoms with van der Waals surface area (Å²) in [6, 6.07) is 21.2. The average Bonchev–Trinajstić information content (AvgIpc) is 2.70. The fourth-order valence-electron chi connectivity index (χ4n) is 4.11. The van der Waals surface area contributed by atoms with E-state index in [0.29, 0.717) is 11.9 Å². The van der Waals surface area contributed by atoms with Crippen LogP contribution < -0.4 is 10.6 Å². The molecule has 2 N–H and O–H groups in total. The predicted octanol–water partition coefficient (Wildman–Crippen LogP) is 4.01. The minimum absolute atomic E-state index is 0.103. The molecule has 4 rings (SSSR count). The summed E-state index contributed by atoms with van der Waals surface area (Å²) in [7, 11) is 0. The molecule has 2 aliphatic rings. The largest absolute Gasteiger partial charge is 0.348 e. The molecule has 1 saturated carbocycles. The summed E-state index contributed by atoms with van der Waals surface area (Å²) in [5.74, 6) is 0.966. The molecule has 1 aliphatic heterocycles. The van der Waals surface area contributed by atoms with Crippen LogP contribution in [-0.2, 0) is 0 Å². The van der Waals surface area contributed by atoms with Gasteiger partial charge >= 0.3 is 0 Å². The Morgan fingerprint density at radius 2 is 1.81 bits per heavy atom. The van der Waals surface area contributed by atoms with Gasteiger partial charge in [-0.2, -0.15) is 5.26 Å². The standard InChI is InChI=1S/C22H22N4/c23-15-24-22-25-20(17-10-5-2-6-11-17)19-13-7-12-18(21(19)26-22)14-16-8-3-1-4-9-16/h1-6,8-11,14,19-21H,7,12-13H2,(H2,24,25,26). The molecule has 0 aromatic heterocycles. The van der Waals surface area contributed by atoms with Gasteiger partial charge in [0.2, 0.25) is 5.96 Å². The SMILES string of the molecule is N#CNC1=NC2C(=Cc3ccccc3)CCCC2C(c2ccccc2)N1. The van der Waals surface area contributed by atoms with E-state index in [1.54, 1.807) is 0 Å². The van der Waals surface area contributed by atoms with E-state index in [-0.39, 0.29) is 12.1 Å². The van der Waals surface area contributed by atoms with E-state index in [4.69, 9.17) is 10.3 Å². The van der Waals surface area contributed by atoms with Crippen LogP contribution in [0.4, 0.5) is 0 Å². The third-order valence-electron chi connectivity index (χ3n) is 5.26. The number of hydrogen-bond acceptors (Lipinski definition) is 4. The number of rotatable bonds is 2. The van der Waals surface area contributed by atoms with Crippen molar-refractivity contribution in [2.75, 3.05) is 0 Å². The molecule has 0 spiro atoms. The topological polar surface area (TPSA) is 60.2 Å². The molecule has 1 fully saturated rings. The van der Waals surface area contributed by atoms with Crippen molar-refractivity contribution >= 4 is 12.0 Å². The highest BCUT2D eigenvalue weighted by atomic mass is 15.2. The minimum atomic E-state index is 0.103. The van der Waals surface area contributed by atoms with Gasteiger partial charge in [-0.1, -0.05) is 66.7 Å². The van der Waals surface area contributed by atoms with Gasteiger partial charge in [-0.15, -0.1) is 0 Å². The fourth-order valence-corrected chi connectivity index (χ4v) is 4.11. The molecule has 0 bridgehead atoms. The van der Waals surface area contributed by atoms with E-state index < -0.39 is 0 Å². The quantitative estimate of drug-likeness (QED) is 0.640.